The Kier molecular flexibility index (Phi) is 4.41. The zero-order valence-corrected chi connectivity index (χ0v) is 13.0. The maximum Gasteiger partial charge on any atom is 0.157 e. The Bertz CT molecular complexity index is 531. The van der Waals surface area contributed by atoms with Gasteiger partial charge in [-0.1, -0.05) is 17.8 Å². The van der Waals surface area contributed by atoms with Crippen LogP contribution in [-0.4, -0.2) is 60.6 Å². The lowest BCUT2D eigenvalue weighted by molar-refractivity contribution is -0.0240. The fourth-order valence-corrected chi connectivity index (χ4v) is 5.67. The van der Waals surface area contributed by atoms with Gasteiger partial charge in [0, 0.05) is 25.0 Å². The second kappa shape index (κ2) is 6.13. The van der Waals surface area contributed by atoms with E-state index in [1.165, 1.54) is 23.5 Å². The maximum absolute atomic E-state index is 10.5. The number of aliphatic hydroxyl groups is 3. The van der Waals surface area contributed by atoms with Gasteiger partial charge < -0.3 is 20.6 Å². The lowest BCUT2D eigenvalue weighted by Crippen LogP contribution is -2.56. The molecule has 0 amide bonds. The molecule has 0 spiro atoms. The van der Waals surface area contributed by atoms with Crippen molar-refractivity contribution in [1.82, 2.24) is 10.3 Å². The number of hydrogen-bond acceptors (Lipinski definition) is 7. The van der Waals surface area contributed by atoms with Gasteiger partial charge in [-0.3, -0.25) is 9.98 Å². The quantitative estimate of drug-likeness (QED) is 0.605. The highest BCUT2D eigenvalue weighted by Crippen LogP contribution is 2.46. The van der Waals surface area contributed by atoms with Crippen LogP contribution in [0.15, 0.2) is 29.5 Å². The van der Waals surface area contributed by atoms with Gasteiger partial charge in [-0.25, -0.2) is 0 Å². The normalized spacial score (nSPS) is 38.9. The molecule has 21 heavy (non-hydrogen) atoms. The van der Waals surface area contributed by atoms with Crippen molar-refractivity contribution < 1.29 is 15.3 Å². The van der Waals surface area contributed by atoms with Crippen LogP contribution in [0.3, 0.4) is 0 Å². The molecule has 2 saturated heterocycles. The smallest absolute Gasteiger partial charge is 0.157 e. The number of amidine groups is 1. The molecule has 0 saturated carbocycles. The second-order valence-corrected chi connectivity index (χ2v) is 7.75. The van der Waals surface area contributed by atoms with E-state index >= 15 is 0 Å². The van der Waals surface area contributed by atoms with Gasteiger partial charge in [-0.05, 0) is 6.07 Å². The zero-order chi connectivity index (χ0) is 15.0. The number of nitrogens with zero attached hydrogens (tertiary/aromatic N) is 2. The molecular weight excluding hydrogens is 310 g/mol. The minimum absolute atomic E-state index is 0.0124. The van der Waals surface area contributed by atoms with E-state index in [1.54, 1.807) is 31.6 Å². The standard InChI is InChI=1S/C13H17N3O3S2/c1-14-13-16-7-9(18)10(19)11(20-12(7)21-13)8(17)6-3-2-4-15-5-6/h2-5,7-12,17-19H,1H3,(H,14,16). The minimum atomic E-state index is -1.02. The van der Waals surface area contributed by atoms with Gasteiger partial charge in [-0.15, -0.1) is 11.8 Å². The number of aliphatic imine (C=N–C) groups is 1. The first-order valence-electron chi connectivity index (χ1n) is 6.61. The molecule has 114 valence electrons. The van der Waals surface area contributed by atoms with Crippen molar-refractivity contribution in [1.29, 1.82) is 0 Å². The molecular formula is C13H17N3O3S2. The number of pyridine rings is 1. The van der Waals surface area contributed by atoms with Crippen molar-refractivity contribution in [3.63, 3.8) is 0 Å². The largest absolute Gasteiger partial charge is 0.389 e. The van der Waals surface area contributed by atoms with Gasteiger partial charge in [-0.2, -0.15) is 0 Å². The van der Waals surface area contributed by atoms with Gasteiger partial charge in [0.2, 0.25) is 0 Å². The molecule has 6 nitrogen and oxygen atoms in total. The summed E-state index contributed by atoms with van der Waals surface area (Å²) in [6.07, 6.45) is 0.370. The molecule has 0 radical (unpaired) electrons. The van der Waals surface area contributed by atoms with Crippen molar-refractivity contribution >= 4 is 28.7 Å². The van der Waals surface area contributed by atoms with Crippen LogP contribution in [0, 0.1) is 0 Å². The van der Waals surface area contributed by atoms with E-state index in [9.17, 15) is 15.3 Å². The number of aliphatic hydroxyl groups excluding tert-OH is 3. The van der Waals surface area contributed by atoms with Crippen LogP contribution >= 0.6 is 23.5 Å². The predicted molar refractivity (Wildman–Crippen MR) is 84.3 cm³/mol. The summed E-state index contributed by atoms with van der Waals surface area (Å²) in [6.45, 7) is 0. The van der Waals surface area contributed by atoms with Crippen LogP contribution in [0.25, 0.3) is 0 Å². The Morgan fingerprint density at radius 2 is 2.19 bits per heavy atom. The molecule has 1 aromatic heterocycles. The van der Waals surface area contributed by atoms with Gasteiger partial charge >= 0.3 is 0 Å². The zero-order valence-electron chi connectivity index (χ0n) is 11.3. The molecule has 2 aliphatic rings. The van der Waals surface area contributed by atoms with E-state index in [0.29, 0.717) is 5.56 Å². The van der Waals surface area contributed by atoms with Crippen molar-refractivity contribution in [3.05, 3.63) is 30.1 Å². The molecule has 6 atom stereocenters. The minimum Gasteiger partial charge on any atom is -0.389 e. The summed E-state index contributed by atoms with van der Waals surface area (Å²) in [5.41, 5.74) is 0.639. The average Bonchev–Trinajstić information content (AvgIpc) is 2.94. The molecule has 0 aromatic carbocycles. The highest BCUT2D eigenvalue weighted by atomic mass is 32.2. The summed E-state index contributed by atoms with van der Waals surface area (Å²) in [5, 5.41) is 34.5. The average molecular weight is 327 g/mol. The Labute approximate surface area is 131 Å². The molecule has 6 unspecified atom stereocenters. The molecule has 8 heteroatoms. The summed E-state index contributed by atoms with van der Waals surface area (Å²) in [5.74, 6) is 0. The van der Waals surface area contributed by atoms with E-state index in [0.717, 1.165) is 5.17 Å². The summed E-state index contributed by atoms with van der Waals surface area (Å²) in [7, 11) is 1.68. The van der Waals surface area contributed by atoms with E-state index < -0.39 is 23.6 Å². The van der Waals surface area contributed by atoms with Crippen molar-refractivity contribution in [2.45, 2.75) is 34.2 Å². The van der Waals surface area contributed by atoms with Gasteiger partial charge in [0.25, 0.3) is 0 Å². The SMILES string of the molecule is CN=C1NC2C(S1)SC(C(O)c1cccnc1)C(O)C2O. The predicted octanol–water partition coefficient (Wildman–Crippen LogP) is -0.0309. The van der Waals surface area contributed by atoms with Crippen molar-refractivity contribution in [2.24, 2.45) is 4.99 Å². The number of nitrogens with one attached hydrogen (secondary N) is 1. The summed E-state index contributed by atoms with van der Waals surface area (Å²) in [6, 6.07) is 3.25. The number of rotatable bonds is 2. The van der Waals surface area contributed by atoms with E-state index in [4.69, 9.17) is 0 Å². The molecule has 4 N–H and O–H groups in total. The highest BCUT2D eigenvalue weighted by Gasteiger charge is 2.50. The van der Waals surface area contributed by atoms with Crippen LogP contribution < -0.4 is 5.32 Å². The lowest BCUT2D eigenvalue weighted by atomic mass is 9.97. The van der Waals surface area contributed by atoms with E-state index in [2.05, 4.69) is 15.3 Å². The number of aromatic nitrogens is 1. The van der Waals surface area contributed by atoms with Crippen LogP contribution in [0.2, 0.25) is 0 Å². The molecule has 0 aliphatic carbocycles. The van der Waals surface area contributed by atoms with Crippen molar-refractivity contribution in [3.8, 4) is 0 Å². The molecule has 3 heterocycles. The molecule has 2 aliphatic heterocycles. The Morgan fingerprint density at radius 1 is 1.38 bits per heavy atom. The fourth-order valence-electron chi connectivity index (χ4n) is 2.55. The maximum atomic E-state index is 10.5. The Morgan fingerprint density at radius 3 is 2.86 bits per heavy atom. The van der Waals surface area contributed by atoms with Gasteiger partial charge in [0.15, 0.2) is 5.17 Å². The Hall–Kier alpha value is -0.800. The molecule has 3 rings (SSSR count). The lowest BCUT2D eigenvalue weighted by Gasteiger charge is -2.40. The van der Waals surface area contributed by atoms with Gasteiger partial charge in [0.05, 0.1) is 28.1 Å². The molecule has 2 fully saturated rings. The fraction of sp³-hybridized carbons (Fsp3) is 0.538. The van der Waals surface area contributed by atoms with Gasteiger partial charge in [0.1, 0.15) is 6.10 Å². The second-order valence-electron chi connectivity index (χ2n) is 5.00. The van der Waals surface area contributed by atoms with E-state index in [-0.39, 0.29) is 10.6 Å². The monoisotopic (exact) mass is 327 g/mol. The Balaban J connectivity index is 1.81. The summed E-state index contributed by atoms with van der Waals surface area (Å²) >= 11 is 2.99. The third-order valence-electron chi connectivity index (χ3n) is 3.70. The number of thioether (sulfide) groups is 2. The summed E-state index contributed by atoms with van der Waals surface area (Å²) in [4.78, 5) is 8.08. The topological polar surface area (TPSA) is 98.0 Å². The third kappa shape index (κ3) is 2.78. The van der Waals surface area contributed by atoms with Crippen molar-refractivity contribution in [2.75, 3.05) is 7.05 Å². The molecule has 0 bridgehead atoms. The third-order valence-corrected chi connectivity index (χ3v) is 6.78. The van der Waals surface area contributed by atoms with E-state index in [1.807, 2.05) is 0 Å². The van der Waals surface area contributed by atoms with Crippen LogP contribution in [-0.2, 0) is 0 Å². The first-order chi connectivity index (χ1) is 10.1. The summed E-state index contributed by atoms with van der Waals surface area (Å²) < 4.78 is 0.0124. The van der Waals surface area contributed by atoms with Crippen LogP contribution in [0.4, 0.5) is 0 Å². The first kappa shape index (κ1) is 15.1. The first-order valence-corrected chi connectivity index (χ1v) is 8.43. The molecule has 1 aromatic rings. The highest BCUT2D eigenvalue weighted by molar-refractivity contribution is 8.25. The number of fused-ring (bicyclic) bond motifs is 1. The van der Waals surface area contributed by atoms with Crippen LogP contribution in [0.1, 0.15) is 11.7 Å². The number of hydrogen-bond donors (Lipinski definition) is 4. The van der Waals surface area contributed by atoms with Crippen LogP contribution in [0.5, 0.6) is 0 Å².